The van der Waals surface area contributed by atoms with Crippen molar-refractivity contribution < 1.29 is 18.6 Å². The lowest BCUT2D eigenvalue weighted by atomic mass is 10.2. The topological polar surface area (TPSA) is 73.7 Å². The smallest absolute Gasteiger partial charge is 0.216 e. The molecule has 1 heterocycles. The molecule has 0 unspecified atom stereocenters. The molecule has 0 fully saturated rings. The van der Waals surface area contributed by atoms with Gasteiger partial charge < -0.3 is 14.2 Å². The number of nitrogens with zero attached hydrogens (tertiary/aromatic N) is 3. The van der Waals surface area contributed by atoms with Gasteiger partial charge in [0.25, 0.3) is 0 Å². The van der Waals surface area contributed by atoms with E-state index < -0.39 is 0 Å². The molecule has 0 atom stereocenters. The number of nitrogens with one attached hydrogen (secondary N) is 1. The number of hydrogen-bond donors (Lipinski definition) is 1. The van der Waals surface area contributed by atoms with Gasteiger partial charge in [0.1, 0.15) is 5.82 Å². The fraction of sp³-hybridized carbons (Fsp3) is 0.167. The summed E-state index contributed by atoms with van der Waals surface area (Å²) in [6, 6.07) is 9.53. The maximum absolute atomic E-state index is 13.5. The molecule has 9 heteroatoms. The van der Waals surface area contributed by atoms with Crippen LogP contribution in [0.2, 0.25) is 0 Å². The molecule has 3 rings (SSSR count). The first-order chi connectivity index (χ1) is 13.1. The normalized spacial score (nSPS) is 11.0. The van der Waals surface area contributed by atoms with Crippen molar-refractivity contribution in [1.29, 1.82) is 0 Å². The molecule has 1 N–H and O–H groups in total. The molecule has 27 heavy (non-hydrogen) atoms. The Morgan fingerprint density at radius 2 is 1.89 bits per heavy atom. The van der Waals surface area contributed by atoms with Gasteiger partial charge in [-0.05, 0) is 36.5 Å². The summed E-state index contributed by atoms with van der Waals surface area (Å²) in [7, 11) is 4.59. The van der Waals surface area contributed by atoms with E-state index in [1.807, 2.05) is 0 Å². The van der Waals surface area contributed by atoms with Crippen molar-refractivity contribution in [2.75, 3.05) is 21.3 Å². The summed E-state index contributed by atoms with van der Waals surface area (Å²) in [4.78, 5) is 0. The minimum atomic E-state index is -0.376. The predicted molar refractivity (Wildman–Crippen MR) is 102 cm³/mol. The van der Waals surface area contributed by atoms with E-state index in [0.29, 0.717) is 34.2 Å². The molecule has 0 aliphatic rings. The highest BCUT2D eigenvalue weighted by Gasteiger charge is 2.15. The van der Waals surface area contributed by atoms with Crippen LogP contribution in [0.5, 0.6) is 17.2 Å². The van der Waals surface area contributed by atoms with E-state index in [0.717, 1.165) is 0 Å². The Kier molecular flexibility index (Phi) is 5.51. The van der Waals surface area contributed by atoms with Crippen LogP contribution in [0.15, 0.2) is 41.5 Å². The van der Waals surface area contributed by atoms with Gasteiger partial charge in [-0.3, -0.25) is 0 Å². The largest absolute Gasteiger partial charge is 0.493 e. The van der Waals surface area contributed by atoms with E-state index >= 15 is 0 Å². The molecule has 0 aliphatic carbocycles. The zero-order valence-corrected chi connectivity index (χ0v) is 15.7. The second kappa shape index (κ2) is 8.00. The minimum absolute atomic E-state index is 0.268. The zero-order chi connectivity index (χ0) is 19.4. The summed E-state index contributed by atoms with van der Waals surface area (Å²) in [5.74, 6) is 1.45. The Labute approximate surface area is 160 Å². The van der Waals surface area contributed by atoms with Crippen molar-refractivity contribution in [2.45, 2.75) is 0 Å². The number of aromatic amines is 1. The first-order valence-electron chi connectivity index (χ1n) is 7.85. The standard InChI is InChI=1S/C18H17FN4O3S/c1-24-14-8-7-12(15(25-2)16(14)26-3)10-20-23-17(21-22-18(23)27)11-5-4-6-13(19)9-11/h4-10H,1-3H3,(H,22,27)/b20-10-. The number of methoxy groups -OCH3 is 3. The number of H-pyrrole nitrogens is 1. The van der Waals surface area contributed by atoms with Crippen LogP contribution in [0.3, 0.4) is 0 Å². The second-order valence-corrected chi connectivity index (χ2v) is 5.73. The van der Waals surface area contributed by atoms with Crippen LogP contribution < -0.4 is 14.2 Å². The highest BCUT2D eigenvalue weighted by molar-refractivity contribution is 7.71. The van der Waals surface area contributed by atoms with Crippen LogP contribution in [0.1, 0.15) is 5.56 Å². The van der Waals surface area contributed by atoms with Gasteiger partial charge in [0.05, 0.1) is 27.5 Å². The summed E-state index contributed by atoms with van der Waals surface area (Å²) in [5, 5.41) is 11.2. The number of ether oxygens (including phenoxy) is 3. The fourth-order valence-electron chi connectivity index (χ4n) is 2.56. The van der Waals surface area contributed by atoms with Gasteiger partial charge in [0.15, 0.2) is 17.3 Å². The first kappa shape index (κ1) is 18.6. The lowest BCUT2D eigenvalue weighted by Gasteiger charge is -2.13. The molecule has 3 aromatic rings. The minimum Gasteiger partial charge on any atom is -0.493 e. The van der Waals surface area contributed by atoms with Crippen molar-refractivity contribution in [1.82, 2.24) is 14.9 Å². The van der Waals surface area contributed by atoms with Gasteiger partial charge in [-0.25, -0.2) is 9.49 Å². The van der Waals surface area contributed by atoms with Gasteiger partial charge >= 0.3 is 0 Å². The molecule has 2 aromatic carbocycles. The van der Waals surface area contributed by atoms with Gasteiger partial charge in [-0.2, -0.15) is 14.9 Å². The SMILES string of the molecule is COc1ccc(/C=N\n2c(-c3cccc(F)c3)n[nH]c2=S)c(OC)c1OC. The van der Waals surface area contributed by atoms with Crippen LogP contribution in [-0.4, -0.2) is 42.4 Å². The third-order valence-electron chi connectivity index (χ3n) is 3.78. The summed E-state index contributed by atoms with van der Waals surface area (Å²) < 4.78 is 31.3. The lowest BCUT2D eigenvalue weighted by Crippen LogP contribution is -2.00. The third-order valence-corrected chi connectivity index (χ3v) is 4.04. The number of hydrogen-bond acceptors (Lipinski definition) is 6. The highest BCUT2D eigenvalue weighted by atomic mass is 32.1. The predicted octanol–water partition coefficient (Wildman–Crippen LogP) is 3.65. The maximum Gasteiger partial charge on any atom is 0.216 e. The van der Waals surface area contributed by atoms with Gasteiger partial charge in [0, 0.05) is 11.1 Å². The van der Waals surface area contributed by atoms with E-state index in [9.17, 15) is 4.39 Å². The van der Waals surface area contributed by atoms with Gasteiger partial charge in [-0.15, -0.1) is 0 Å². The molecule has 0 bridgehead atoms. The summed E-state index contributed by atoms with van der Waals surface area (Å²) in [6.07, 6.45) is 1.55. The van der Waals surface area contributed by atoms with E-state index in [1.54, 1.807) is 37.6 Å². The number of aromatic nitrogens is 3. The van der Waals surface area contributed by atoms with E-state index in [4.69, 9.17) is 26.4 Å². The molecule has 0 spiro atoms. The molecule has 140 valence electrons. The van der Waals surface area contributed by atoms with E-state index in [2.05, 4.69) is 15.3 Å². The van der Waals surface area contributed by atoms with Gasteiger partial charge in [-0.1, -0.05) is 12.1 Å². The number of halogens is 1. The van der Waals surface area contributed by atoms with Crippen LogP contribution in [0, 0.1) is 10.6 Å². The Balaban J connectivity index is 2.06. The molecule has 0 amide bonds. The van der Waals surface area contributed by atoms with Crippen molar-refractivity contribution in [3.05, 3.63) is 52.5 Å². The van der Waals surface area contributed by atoms with Crippen molar-refractivity contribution >= 4 is 18.4 Å². The van der Waals surface area contributed by atoms with Crippen LogP contribution in [0.4, 0.5) is 4.39 Å². The van der Waals surface area contributed by atoms with Crippen LogP contribution in [-0.2, 0) is 0 Å². The van der Waals surface area contributed by atoms with Crippen LogP contribution >= 0.6 is 12.2 Å². The average Bonchev–Trinajstić information content (AvgIpc) is 3.05. The molecule has 0 saturated heterocycles. The Morgan fingerprint density at radius 1 is 1.11 bits per heavy atom. The fourth-order valence-corrected chi connectivity index (χ4v) is 2.74. The monoisotopic (exact) mass is 388 g/mol. The Morgan fingerprint density at radius 3 is 2.56 bits per heavy atom. The maximum atomic E-state index is 13.5. The summed E-state index contributed by atoms with van der Waals surface area (Å²) in [6.45, 7) is 0. The molecule has 0 aliphatic heterocycles. The zero-order valence-electron chi connectivity index (χ0n) is 14.9. The second-order valence-electron chi connectivity index (χ2n) is 5.34. The molecule has 0 radical (unpaired) electrons. The van der Waals surface area contributed by atoms with Gasteiger partial charge in [0.2, 0.25) is 10.5 Å². The Hall–Kier alpha value is -3.20. The molecular weight excluding hydrogens is 371 g/mol. The average molecular weight is 388 g/mol. The highest BCUT2D eigenvalue weighted by Crippen LogP contribution is 2.39. The number of benzene rings is 2. The van der Waals surface area contributed by atoms with Crippen molar-refractivity contribution in [3.63, 3.8) is 0 Å². The van der Waals surface area contributed by atoms with Crippen molar-refractivity contribution in [3.8, 4) is 28.6 Å². The molecule has 7 nitrogen and oxygen atoms in total. The summed E-state index contributed by atoms with van der Waals surface area (Å²) in [5.41, 5.74) is 1.18. The Bertz CT molecular complexity index is 1050. The summed E-state index contributed by atoms with van der Waals surface area (Å²) >= 11 is 5.23. The number of rotatable bonds is 6. The van der Waals surface area contributed by atoms with Crippen molar-refractivity contribution in [2.24, 2.45) is 5.10 Å². The lowest BCUT2D eigenvalue weighted by molar-refractivity contribution is 0.324. The van der Waals surface area contributed by atoms with Crippen LogP contribution in [0.25, 0.3) is 11.4 Å². The van der Waals surface area contributed by atoms with E-state index in [1.165, 1.54) is 31.0 Å². The molecular formula is C18H17FN4O3S. The van der Waals surface area contributed by atoms with E-state index in [-0.39, 0.29) is 10.6 Å². The molecule has 0 saturated carbocycles. The third kappa shape index (κ3) is 3.68. The molecule has 1 aromatic heterocycles. The quantitative estimate of drug-likeness (QED) is 0.515. The first-order valence-corrected chi connectivity index (χ1v) is 8.26.